The molecule has 2 aromatic carbocycles. The van der Waals surface area contributed by atoms with E-state index in [0.29, 0.717) is 30.2 Å². The van der Waals surface area contributed by atoms with Gasteiger partial charge in [0, 0.05) is 11.3 Å². The van der Waals surface area contributed by atoms with Gasteiger partial charge < -0.3 is 19.5 Å². The first-order chi connectivity index (χ1) is 12.6. The summed E-state index contributed by atoms with van der Waals surface area (Å²) in [6, 6.07) is 12.2. The zero-order chi connectivity index (χ0) is 18.5. The van der Waals surface area contributed by atoms with Gasteiger partial charge in [-0.2, -0.15) is 0 Å². The molecule has 1 unspecified atom stereocenters. The van der Waals surface area contributed by atoms with Gasteiger partial charge in [-0.25, -0.2) is 4.79 Å². The van der Waals surface area contributed by atoms with Crippen molar-refractivity contribution in [3.05, 3.63) is 59.2 Å². The second-order valence-electron chi connectivity index (χ2n) is 6.02. The molecular formula is C20H21NO5. The fourth-order valence-electron chi connectivity index (χ4n) is 2.36. The van der Waals surface area contributed by atoms with E-state index < -0.39 is 5.97 Å². The van der Waals surface area contributed by atoms with E-state index in [4.69, 9.17) is 14.2 Å². The zero-order valence-electron chi connectivity index (χ0n) is 14.8. The molecule has 0 aromatic heterocycles. The van der Waals surface area contributed by atoms with Crippen LogP contribution in [0.4, 0.5) is 5.69 Å². The van der Waals surface area contributed by atoms with Crippen LogP contribution in [0.5, 0.6) is 5.75 Å². The maximum absolute atomic E-state index is 12.4. The molecule has 0 aliphatic carbocycles. The molecule has 1 saturated heterocycles. The molecule has 0 radical (unpaired) electrons. The molecule has 136 valence electrons. The highest BCUT2D eigenvalue weighted by atomic mass is 16.6. The smallest absolute Gasteiger partial charge is 0.341 e. The molecule has 0 saturated carbocycles. The number of aryl methyl sites for hydroxylation is 1. The lowest BCUT2D eigenvalue weighted by Crippen LogP contribution is -2.14. The molecule has 26 heavy (non-hydrogen) atoms. The number of carbonyl (C=O) groups excluding carboxylic acids is 2. The summed E-state index contributed by atoms with van der Waals surface area (Å²) in [5.74, 6) is -0.335. The molecule has 0 bridgehead atoms. The topological polar surface area (TPSA) is 77.2 Å². The van der Waals surface area contributed by atoms with Gasteiger partial charge in [-0.15, -0.1) is 0 Å². The number of ether oxygens (including phenoxy) is 3. The average molecular weight is 355 g/mol. The van der Waals surface area contributed by atoms with E-state index in [2.05, 4.69) is 5.32 Å². The van der Waals surface area contributed by atoms with E-state index in [1.54, 1.807) is 37.3 Å². The molecule has 0 spiro atoms. The molecule has 1 fully saturated rings. The predicted molar refractivity (Wildman–Crippen MR) is 96.8 cm³/mol. The van der Waals surface area contributed by atoms with Crippen molar-refractivity contribution >= 4 is 17.6 Å². The Balaban J connectivity index is 1.77. The quantitative estimate of drug-likeness (QED) is 0.610. The summed E-state index contributed by atoms with van der Waals surface area (Å²) in [5.41, 5.74) is 2.38. The van der Waals surface area contributed by atoms with E-state index in [-0.39, 0.29) is 24.2 Å². The summed E-state index contributed by atoms with van der Waals surface area (Å²) >= 11 is 0. The van der Waals surface area contributed by atoms with Gasteiger partial charge in [0.05, 0.1) is 13.2 Å². The summed E-state index contributed by atoms with van der Waals surface area (Å²) < 4.78 is 15.8. The largest absolute Gasteiger partial charge is 0.490 e. The predicted octanol–water partition coefficient (Wildman–Crippen LogP) is 3.20. The molecule has 2 aromatic rings. The molecular weight excluding hydrogens is 334 g/mol. The summed E-state index contributed by atoms with van der Waals surface area (Å²) in [5, 5.41) is 2.79. The van der Waals surface area contributed by atoms with Crippen molar-refractivity contribution in [3.63, 3.8) is 0 Å². The molecule has 6 heteroatoms. The molecule has 1 amide bonds. The van der Waals surface area contributed by atoms with Gasteiger partial charge >= 0.3 is 5.97 Å². The standard InChI is InChI=1S/C20H21NO5/c1-3-24-20(23)17-10-15(8-9-18(17)26-12-16-11-25-16)21-19(22)14-6-4-13(2)5-7-14/h4-10,16H,3,11-12H2,1-2H3,(H,21,22). The third kappa shape index (κ3) is 4.61. The first-order valence-electron chi connectivity index (χ1n) is 8.50. The summed E-state index contributed by atoms with van der Waals surface area (Å²) in [6.07, 6.45) is 0.0750. The molecule has 6 nitrogen and oxygen atoms in total. The van der Waals surface area contributed by atoms with E-state index >= 15 is 0 Å². The Bertz CT molecular complexity index is 796. The number of hydrogen-bond acceptors (Lipinski definition) is 5. The van der Waals surface area contributed by atoms with Gasteiger partial charge in [0.25, 0.3) is 5.91 Å². The minimum atomic E-state index is -0.495. The third-order valence-electron chi connectivity index (χ3n) is 3.87. The van der Waals surface area contributed by atoms with Crippen molar-refractivity contribution < 1.29 is 23.8 Å². The number of hydrogen-bond donors (Lipinski definition) is 1. The zero-order valence-corrected chi connectivity index (χ0v) is 14.8. The first-order valence-corrected chi connectivity index (χ1v) is 8.50. The van der Waals surface area contributed by atoms with Gasteiger partial charge in [-0.3, -0.25) is 4.79 Å². The Morgan fingerprint density at radius 2 is 1.92 bits per heavy atom. The van der Waals surface area contributed by atoms with Crippen molar-refractivity contribution in [2.45, 2.75) is 20.0 Å². The summed E-state index contributed by atoms with van der Waals surface area (Å²) in [4.78, 5) is 24.6. The Morgan fingerprint density at radius 1 is 1.19 bits per heavy atom. The number of nitrogens with one attached hydrogen (secondary N) is 1. The maximum Gasteiger partial charge on any atom is 0.341 e. The summed E-state index contributed by atoms with van der Waals surface area (Å²) in [7, 11) is 0. The Kier molecular flexibility index (Phi) is 5.53. The highest BCUT2D eigenvalue weighted by Crippen LogP contribution is 2.25. The average Bonchev–Trinajstić information content (AvgIpc) is 3.45. The Morgan fingerprint density at radius 3 is 2.58 bits per heavy atom. The third-order valence-corrected chi connectivity index (χ3v) is 3.87. The van der Waals surface area contributed by atoms with Crippen LogP contribution in [-0.2, 0) is 9.47 Å². The number of anilines is 1. The number of epoxide rings is 1. The minimum absolute atomic E-state index is 0.0750. The number of carbonyl (C=O) groups is 2. The molecule has 1 heterocycles. The van der Waals surface area contributed by atoms with E-state index in [1.807, 2.05) is 19.1 Å². The van der Waals surface area contributed by atoms with Gasteiger partial charge in [-0.1, -0.05) is 17.7 Å². The van der Waals surface area contributed by atoms with Crippen molar-refractivity contribution in [3.8, 4) is 5.75 Å². The van der Waals surface area contributed by atoms with Gasteiger partial charge in [-0.05, 0) is 44.2 Å². The molecule has 1 atom stereocenters. The van der Waals surface area contributed by atoms with Gasteiger partial charge in [0.15, 0.2) is 0 Å². The fraction of sp³-hybridized carbons (Fsp3) is 0.300. The van der Waals surface area contributed by atoms with E-state index in [0.717, 1.165) is 5.56 Å². The summed E-state index contributed by atoms with van der Waals surface area (Å²) in [6.45, 7) is 4.99. The fourth-order valence-corrected chi connectivity index (χ4v) is 2.36. The monoisotopic (exact) mass is 355 g/mol. The number of rotatable bonds is 7. The normalized spacial score (nSPS) is 15.2. The van der Waals surface area contributed by atoms with Crippen molar-refractivity contribution in [2.75, 3.05) is 25.1 Å². The van der Waals surface area contributed by atoms with Crippen LogP contribution in [0.3, 0.4) is 0 Å². The number of esters is 1. The number of amides is 1. The first kappa shape index (κ1) is 17.9. The van der Waals surface area contributed by atoms with Crippen LogP contribution >= 0.6 is 0 Å². The van der Waals surface area contributed by atoms with Crippen molar-refractivity contribution in [2.24, 2.45) is 0 Å². The van der Waals surface area contributed by atoms with Gasteiger partial charge in [0.1, 0.15) is 24.0 Å². The van der Waals surface area contributed by atoms with E-state index in [9.17, 15) is 9.59 Å². The van der Waals surface area contributed by atoms with E-state index in [1.165, 1.54) is 0 Å². The molecule has 3 rings (SSSR count). The highest BCUT2D eigenvalue weighted by molar-refractivity contribution is 6.05. The van der Waals surface area contributed by atoms with Crippen LogP contribution in [0.2, 0.25) is 0 Å². The van der Waals surface area contributed by atoms with Crippen LogP contribution < -0.4 is 10.1 Å². The van der Waals surface area contributed by atoms with Crippen LogP contribution in [0.25, 0.3) is 0 Å². The second-order valence-corrected chi connectivity index (χ2v) is 6.02. The lowest BCUT2D eigenvalue weighted by Gasteiger charge is -2.13. The van der Waals surface area contributed by atoms with Crippen LogP contribution in [0.15, 0.2) is 42.5 Å². The van der Waals surface area contributed by atoms with Crippen molar-refractivity contribution in [1.82, 2.24) is 0 Å². The lowest BCUT2D eigenvalue weighted by atomic mass is 10.1. The highest BCUT2D eigenvalue weighted by Gasteiger charge is 2.24. The Labute approximate surface area is 152 Å². The maximum atomic E-state index is 12.4. The van der Waals surface area contributed by atoms with Crippen LogP contribution in [-0.4, -0.2) is 37.8 Å². The molecule has 1 N–H and O–H groups in total. The van der Waals surface area contributed by atoms with Crippen molar-refractivity contribution in [1.29, 1.82) is 0 Å². The second kappa shape index (κ2) is 8.01. The SMILES string of the molecule is CCOC(=O)c1cc(NC(=O)c2ccc(C)cc2)ccc1OCC1CO1. The molecule has 1 aliphatic heterocycles. The molecule has 1 aliphatic rings. The lowest BCUT2D eigenvalue weighted by molar-refractivity contribution is 0.0521. The number of benzene rings is 2. The Hall–Kier alpha value is -2.86. The van der Waals surface area contributed by atoms with Crippen LogP contribution in [0.1, 0.15) is 33.2 Å². The minimum Gasteiger partial charge on any atom is -0.490 e. The van der Waals surface area contributed by atoms with Gasteiger partial charge in [0.2, 0.25) is 0 Å². The van der Waals surface area contributed by atoms with Crippen LogP contribution in [0, 0.1) is 6.92 Å².